The molecule has 2 aromatic heterocycles. The van der Waals surface area contributed by atoms with Crippen LogP contribution in [0.3, 0.4) is 0 Å². The fourth-order valence-electron chi connectivity index (χ4n) is 4.28. The molecule has 0 spiro atoms. The predicted molar refractivity (Wildman–Crippen MR) is 149 cm³/mol. The van der Waals surface area contributed by atoms with Crippen LogP contribution in [0.15, 0.2) is 66.9 Å². The highest BCUT2D eigenvalue weighted by atomic mass is 35.5. The average Bonchev–Trinajstić information content (AvgIpc) is 3.32. The quantitative estimate of drug-likeness (QED) is 0.247. The van der Waals surface area contributed by atoms with E-state index in [2.05, 4.69) is 30.7 Å². The van der Waals surface area contributed by atoms with Gasteiger partial charge in [-0.15, -0.1) is 0 Å². The summed E-state index contributed by atoms with van der Waals surface area (Å²) >= 11 is 6.59. The zero-order valence-corrected chi connectivity index (χ0v) is 21.7. The van der Waals surface area contributed by atoms with Crippen LogP contribution in [0, 0.1) is 0 Å². The van der Waals surface area contributed by atoms with E-state index in [1.54, 1.807) is 36.5 Å². The number of rotatable bonds is 3. The Morgan fingerprint density at radius 3 is 2.85 bits per heavy atom. The van der Waals surface area contributed by atoms with Crippen molar-refractivity contribution < 1.29 is 19.1 Å². The number of methoxy groups -OCH3 is 1. The second kappa shape index (κ2) is 11.4. The molecule has 0 aliphatic carbocycles. The smallest absolute Gasteiger partial charge is 0.411 e. The number of aromatic amines is 1. The molecular formula is C28H25ClN6O4. The second-order valence-corrected chi connectivity index (χ2v) is 9.27. The van der Waals surface area contributed by atoms with Gasteiger partial charge in [-0.3, -0.25) is 19.9 Å². The Morgan fingerprint density at radius 2 is 2.00 bits per heavy atom. The van der Waals surface area contributed by atoms with Crippen LogP contribution in [0.1, 0.15) is 41.5 Å². The van der Waals surface area contributed by atoms with Crippen molar-refractivity contribution in [3.05, 3.63) is 83.4 Å². The van der Waals surface area contributed by atoms with Gasteiger partial charge in [0, 0.05) is 34.8 Å². The first kappa shape index (κ1) is 25.9. The van der Waals surface area contributed by atoms with Gasteiger partial charge in [0.1, 0.15) is 16.7 Å². The third kappa shape index (κ3) is 5.91. The molecule has 2 aromatic carbocycles. The van der Waals surface area contributed by atoms with Gasteiger partial charge in [-0.2, -0.15) is 0 Å². The molecule has 3 amide bonds. The number of nitrogens with zero attached hydrogens (tertiary/aromatic N) is 2. The largest absolute Gasteiger partial charge is 0.453 e. The first-order valence-electron chi connectivity index (χ1n) is 12.3. The molecule has 39 heavy (non-hydrogen) atoms. The van der Waals surface area contributed by atoms with Crippen LogP contribution < -0.4 is 16.0 Å². The lowest BCUT2D eigenvalue weighted by atomic mass is 10.1. The van der Waals surface area contributed by atoms with Gasteiger partial charge in [0.15, 0.2) is 0 Å². The standard InChI is InChI=1S/C28H25ClN6O4/c1-39-28(38)31-18-11-12-19-22(15-18)32-23(36)8-4-2-3-7-20(26-34-24(19)25(29)35-26)33-27(37)17-10-9-16-6-5-13-30-21(16)14-17/h2-3,5-6,9-15,20H,4,7-8H2,1H3,(H,31,38)(H,32,36)(H,33,37)(H,34,35)/b3-2+/t20-/m0/s1. The Bertz CT molecular complexity index is 1600. The summed E-state index contributed by atoms with van der Waals surface area (Å²) in [6.07, 6.45) is 6.00. The van der Waals surface area contributed by atoms with Gasteiger partial charge in [0.05, 0.1) is 24.4 Å². The SMILES string of the molecule is COC(=O)Nc1ccc2c(c1)NC(=O)CC/C=C/C[C@H](NC(=O)c1ccc3cccnc3c1)c1nc-2c(Cl)[nH]1. The van der Waals surface area contributed by atoms with E-state index in [-0.39, 0.29) is 23.4 Å². The minimum atomic E-state index is -0.642. The predicted octanol–water partition coefficient (Wildman–Crippen LogP) is 5.61. The van der Waals surface area contributed by atoms with Crippen molar-refractivity contribution in [2.45, 2.75) is 25.3 Å². The Balaban J connectivity index is 1.49. The summed E-state index contributed by atoms with van der Waals surface area (Å²) in [7, 11) is 1.26. The van der Waals surface area contributed by atoms with Gasteiger partial charge in [-0.05, 0) is 49.2 Å². The second-order valence-electron chi connectivity index (χ2n) is 8.89. The Labute approximate surface area is 228 Å². The highest BCUT2D eigenvalue weighted by Crippen LogP contribution is 2.35. The van der Waals surface area contributed by atoms with Crippen molar-refractivity contribution in [2.24, 2.45) is 0 Å². The number of hydrogen-bond acceptors (Lipinski definition) is 6. The third-order valence-electron chi connectivity index (χ3n) is 6.24. The average molecular weight is 545 g/mol. The van der Waals surface area contributed by atoms with Gasteiger partial charge < -0.3 is 20.4 Å². The van der Waals surface area contributed by atoms with Crippen molar-refractivity contribution in [3.8, 4) is 11.3 Å². The number of nitrogens with one attached hydrogen (secondary N) is 4. The molecule has 1 atom stereocenters. The molecule has 2 bridgehead atoms. The molecule has 0 unspecified atom stereocenters. The number of aromatic nitrogens is 3. The van der Waals surface area contributed by atoms with E-state index in [0.717, 1.165) is 10.9 Å². The zero-order chi connectivity index (χ0) is 27.4. The monoisotopic (exact) mass is 544 g/mol. The van der Waals surface area contributed by atoms with E-state index in [4.69, 9.17) is 16.6 Å². The molecule has 4 N–H and O–H groups in total. The molecule has 1 aliphatic heterocycles. The van der Waals surface area contributed by atoms with Crippen molar-refractivity contribution in [1.29, 1.82) is 0 Å². The van der Waals surface area contributed by atoms with Crippen molar-refractivity contribution in [3.63, 3.8) is 0 Å². The molecule has 10 nitrogen and oxygen atoms in total. The topological polar surface area (TPSA) is 138 Å². The zero-order valence-electron chi connectivity index (χ0n) is 21.0. The van der Waals surface area contributed by atoms with Gasteiger partial charge in [0.25, 0.3) is 5.91 Å². The molecule has 1 aliphatic rings. The summed E-state index contributed by atoms with van der Waals surface area (Å²) < 4.78 is 4.66. The van der Waals surface area contributed by atoms with Crippen LogP contribution in [0.4, 0.5) is 16.2 Å². The molecule has 0 radical (unpaired) electrons. The maximum absolute atomic E-state index is 13.2. The lowest BCUT2D eigenvalue weighted by molar-refractivity contribution is -0.116. The first-order chi connectivity index (χ1) is 18.9. The summed E-state index contributed by atoms with van der Waals surface area (Å²) in [5, 5.41) is 9.69. The van der Waals surface area contributed by atoms with E-state index >= 15 is 0 Å². The van der Waals surface area contributed by atoms with E-state index in [1.165, 1.54) is 7.11 Å². The van der Waals surface area contributed by atoms with Crippen LogP contribution >= 0.6 is 11.6 Å². The van der Waals surface area contributed by atoms with Crippen LogP contribution in [0.2, 0.25) is 5.15 Å². The number of amides is 3. The fourth-order valence-corrected chi connectivity index (χ4v) is 4.52. The summed E-state index contributed by atoms with van der Waals surface area (Å²) in [5.41, 5.74) is 2.97. The molecule has 0 saturated heterocycles. The van der Waals surface area contributed by atoms with Gasteiger partial charge >= 0.3 is 6.09 Å². The van der Waals surface area contributed by atoms with E-state index in [1.807, 2.05) is 30.4 Å². The maximum Gasteiger partial charge on any atom is 0.411 e. The molecule has 11 heteroatoms. The number of anilines is 2. The summed E-state index contributed by atoms with van der Waals surface area (Å²) in [6, 6.07) is 13.6. The summed E-state index contributed by atoms with van der Waals surface area (Å²) in [5.74, 6) is -0.0349. The molecule has 0 saturated carbocycles. The Kier molecular flexibility index (Phi) is 7.55. The molecule has 5 rings (SSSR count). The lowest BCUT2D eigenvalue weighted by Crippen LogP contribution is -2.29. The summed E-state index contributed by atoms with van der Waals surface area (Å²) in [6.45, 7) is 0. The minimum Gasteiger partial charge on any atom is -0.453 e. The van der Waals surface area contributed by atoms with Crippen LogP contribution in [-0.4, -0.2) is 40.0 Å². The molecule has 198 valence electrons. The van der Waals surface area contributed by atoms with Gasteiger partial charge in [-0.1, -0.05) is 35.9 Å². The first-order valence-corrected chi connectivity index (χ1v) is 12.6. The van der Waals surface area contributed by atoms with Crippen molar-refractivity contribution in [1.82, 2.24) is 20.3 Å². The van der Waals surface area contributed by atoms with Crippen LogP contribution in [0.5, 0.6) is 0 Å². The van der Waals surface area contributed by atoms with Crippen molar-refractivity contribution in [2.75, 3.05) is 17.7 Å². The molecule has 4 aromatic rings. The number of fused-ring (bicyclic) bond motifs is 5. The normalized spacial score (nSPS) is 16.1. The summed E-state index contributed by atoms with van der Waals surface area (Å²) in [4.78, 5) is 49.7. The number of allylic oxidation sites excluding steroid dienone is 1. The fraction of sp³-hybridized carbons (Fsp3) is 0.179. The number of pyridine rings is 1. The highest BCUT2D eigenvalue weighted by Gasteiger charge is 2.23. The lowest BCUT2D eigenvalue weighted by Gasteiger charge is -2.15. The van der Waals surface area contributed by atoms with E-state index in [9.17, 15) is 14.4 Å². The molecule has 3 heterocycles. The van der Waals surface area contributed by atoms with E-state index < -0.39 is 12.1 Å². The maximum atomic E-state index is 13.2. The molecular weight excluding hydrogens is 520 g/mol. The highest BCUT2D eigenvalue weighted by molar-refractivity contribution is 6.32. The van der Waals surface area contributed by atoms with Crippen LogP contribution in [0.25, 0.3) is 22.2 Å². The Hall–Kier alpha value is -4.70. The molecule has 0 fully saturated rings. The minimum absolute atomic E-state index is 0.211. The van der Waals surface area contributed by atoms with Gasteiger partial charge in [0.2, 0.25) is 5.91 Å². The Morgan fingerprint density at radius 1 is 1.13 bits per heavy atom. The van der Waals surface area contributed by atoms with Crippen molar-refractivity contribution >= 4 is 51.8 Å². The third-order valence-corrected chi connectivity index (χ3v) is 6.51. The number of H-pyrrole nitrogens is 1. The van der Waals surface area contributed by atoms with Gasteiger partial charge in [-0.25, -0.2) is 9.78 Å². The number of imidazole rings is 1. The number of halogens is 1. The number of ether oxygens (including phenoxy) is 1. The number of hydrogen-bond donors (Lipinski definition) is 4. The number of benzene rings is 2. The number of carbonyl (C=O) groups is 3. The van der Waals surface area contributed by atoms with Crippen LogP contribution in [-0.2, 0) is 9.53 Å². The number of carbonyl (C=O) groups excluding carboxylic acids is 3. The van der Waals surface area contributed by atoms with E-state index in [0.29, 0.717) is 46.9 Å².